The Balaban J connectivity index is 1.36. The lowest BCUT2D eigenvalue weighted by molar-refractivity contribution is -0.141. The second-order valence-electron chi connectivity index (χ2n) is 9.73. The summed E-state index contributed by atoms with van der Waals surface area (Å²) in [6, 6.07) is 18.9. The molecule has 1 aliphatic rings. The molecule has 0 spiro atoms. The van der Waals surface area contributed by atoms with Crippen molar-refractivity contribution in [2.24, 2.45) is 5.92 Å². The molecule has 0 fully saturated rings. The minimum Gasteiger partial charge on any atom is -0.481 e. The zero-order valence-corrected chi connectivity index (χ0v) is 23.3. The molecule has 8 nitrogen and oxygen atoms in total. The number of carbonyl (C=O) groups is 4. The Morgan fingerprint density at radius 1 is 0.975 bits per heavy atom. The standard InChI is InChI=1S/C30H29Cl2N3O5/c1-17(18-7-3-2-4-8-18)34-28(37)20-13-23(31)27(24(32)14-20)26(36)15-21(29(38)39)16-33-30(40)35-25-12-11-19-9-5-6-10-22(19)25/h2-10,13-14,17,21,25H,11-12,15-16H2,1H3,(H,34,37)(H,38,39)(H2,33,35,40). The number of halogens is 2. The van der Waals surface area contributed by atoms with E-state index in [9.17, 15) is 24.3 Å². The van der Waals surface area contributed by atoms with E-state index in [1.165, 1.54) is 17.7 Å². The van der Waals surface area contributed by atoms with Gasteiger partial charge in [0, 0.05) is 18.5 Å². The lowest BCUT2D eigenvalue weighted by Gasteiger charge is -2.18. The summed E-state index contributed by atoms with van der Waals surface area (Å²) >= 11 is 12.7. The molecule has 0 saturated carbocycles. The first-order valence-electron chi connectivity index (χ1n) is 12.9. The van der Waals surface area contributed by atoms with Crippen molar-refractivity contribution in [2.75, 3.05) is 6.54 Å². The SMILES string of the molecule is CC(NC(=O)c1cc(Cl)c(C(=O)CC(CNC(=O)NC2CCc3ccccc32)C(=O)O)c(Cl)c1)c1ccccc1. The number of carboxylic acids is 1. The topological polar surface area (TPSA) is 125 Å². The summed E-state index contributed by atoms with van der Waals surface area (Å²) < 4.78 is 0. The fourth-order valence-corrected chi connectivity index (χ4v) is 5.48. The third-order valence-corrected chi connectivity index (χ3v) is 7.55. The van der Waals surface area contributed by atoms with E-state index in [1.807, 2.05) is 61.5 Å². The van der Waals surface area contributed by atoms with Gasteiger partial charge in [0.05, 0.1) is 33.6 Å². The highest BCUT2D eigenvalue weighted by Crippen LogP contribution is 2.31. The predicted octanol–water partition coefficient (Wildman–Crippen LogP) is 5.74. The highest BCUT2D eigenvalue weighted by molar-refractivity contribution is 6.40. The number of ketones is 1. The Morgan fingerprint density at radius 3 is 2.30 bits per heavy atom. The zero-order valence-electron chi connectivity index (χ0n) is 21.7. The van der Waals surface area contributed by atoms with Crippen molar-refractivity contribution in [1.29, 1.82) is 0 Å². The first kappa shape index (κ1) is 29.1. The monoisotopic (exact) mass is 581 g/mol. The number of benzene rings is 3. The van der Waals surface area contributed by atoms with Gasteiger partial charge in [-0.1, -0.05) is 77.8 Å². The van der Waals surface area contributed by atoms with Crippen LogP contribution in [-0.4, -0.2) is 35.3 Å². The molecule has 208 valence electrons. The molecule has 3 aromatic rings. The lowest BCUT2D eigenvalue weighted by atomic mass is 9.97. The van der Waals surface area contributed by atoms with Crippen LogP contribution in [0.1, 0.15) is 69.3 Å². The highest BCUT2D eigenvalue weighted by atomic mass is 35.5. The fraction of sp³-hybridized carbons (Fsp3) is 0.267. The van der Waals surface area contributed by atoms with Crippen molar-refractivity contribution in [2.45, 2.75) is 38.3 Å². The van der Waals surface area contributed by atoms with Crippen LogP contribution in [0, 0.1) is 5.92 Å². The van der Waals surface area contributed by atoms with E-state index in [-0.39, 0.29) is 39.8 Å². The lowest BCUT2D eigenvalue weighted by Crippen LogP contribution is -2.41. The largest absolute Gasteiger partial charge is 0.481 e. The summed E-state index contributed by atoms with van der Waals surface area (Å²) in [6.07, 6.45) is 1.16. The van der Waals surface area contributed by atoms with Crippen LogP contribution in [0.15, 0.2) is 66.7 Å². The van der Waals surface area contributed by atoms with Gasteiger partial charge in [0.1, 0.15) is 0 Å². The molecule has 3 aromatic carbocycles. The molecular formula is C30H29Cl2N3O5. The van der Waals surface area contributed by atoms with Gasteiger partial charge in [-0.3, -0.25) is 14.4 Å². The van der Waals surface area contributed by atoms with Crippen LogP contribution in [0.25, 0.3) is 0 Å². The molecule has 0 aromatic heterocycles. The predicted molar refractivity (Wildman–Crippen MR) is 153 cm³/mol. The average Bonchev–Trinajstić information content (AvgIpc) is 3.33. The van der Waals surface area contributed by atoms with E-state index >= 15 is 0 Å². The van der Waals surface area contributed by atoms with Gasteiger partial charge in [0.2, 0.25) is 0 Å². The summed E-state index contributed by atoms with van der Waals surface area (Å²) in [7, 11) is 0. The summed E-state index contributed by atoms with van der Waals surface area (Å²) in [5.41, 5.74) is 3.21. The number of amides is 3. The summed E-state index contributed by atoms with van der Waals surface area (Å²) in [5.74, 6) is -3.50. The van der Waals surface area contributed by atoms with Gasteiger partial charge in [-0.15, -0.1) is 0 Å². The van der Waals surface area contributed by atoms with Gasteiger partial charge in [0.15, 0.2) is 5.78 Å². The number of hydrogen-bond acceptors (Lipinski definition) is 4. The first-order valence-corrected chi connectivity index (χ1v) is 13.6. The van der Waals surface area contributed by atoms with Gasteiger partial charge in [-0.2, -0.15) is 0 Å². The van der Waals surface area contributed by atoms with Crippen LogP contribution in [0.5, 0.6) is 0 Å². The number of urea groups is 1. The van der Waals surface area contributed by atoms with Crippen molar-refractivity contribution in [3.8, 4) is 0 Å². The van der Waals surface area contributed by atoms with Gasteiger partial charge in [-0.05, 0) is 48.6 Å². The van der Waals surface area contributed by atoms with Gasteiger partial charge >= 0.3 is 12.0 Å². The van der Waals surface area contributed by atoms with Crippen molar-refractivity contribution >= 4 is 46.9 Å². The van der Waals surface area contributed by atoms with Crippen molar-refractivity contribution < 1.29 is 24.3 Å². The fourth-order valence-electron chi connectivity index (χ4n) is 4.78. The van der Waals surface area contributed by atoms with E-state index in [0.29, 0.717) is 0 Å². The Morgan fingerprint density at radius 2 is 1.62 bits per heavy atom. The van der Waals surface area contributed by atoms with Gasteiger partial charge in [0.25, 0.3) is 5.91 Å². The molecule has 0 heterocycles. The normalized spacial score (nSPS) is 15.4. The molecular weight excluding hydrogens is 553 g/mol. The van der Waals surface area contributed by atoms with Crippen LogP contribution in [0.2, 0.25) is 10.0 Å². The molecule has 3 unspecified atom stereocenters. The molecule has 3 atom stereocenters. The Kier molecular flexibility index (Phi) is 9.45. The second kappa shape index (κ2) is 13.0. The molecule has 0 aliphatic heterocycles. The van der Waals surface area contributed by atoms with E-state index in [0.717, 1.165) is 24.0 Å². The number of Topliss-reactive ketones (excluding diaryl/α,β-unsaturated/α-hetero) is 1. The number of aryl methyl sites for hydroxylation is 1. The van der Waals surface area contributed by atoms with Crippen molar-refractivity contribution in [3.63, 3.8) is 0 Å². The van der Waals surface area contributed by atoms with E-state index in [4.69, 9.17) is 23.2 Å². The molecule has 40 heavy (non-hydrogen) atoms. The van der Waals surface area contributed by atoms with E-state index < -0.39 is 36.0 Å². The molecule has 4 rings (SSSR count). The molecule has 0 radical (unpaired) electrons. The van der Waals surface area contributed by atoms with Crippen molar-refractivity contribution in [3.05, 3.63) is 105 Å². The molecule has 3 amide bonds. The Hall–Kier alpha value is -3.88. The molecule has 0 bridgehead atoms. The van der Waals surface area contributed by atoms with E-state index in [1.54, 1.807) is 0 Å². The Labute approximate surface area is 242 Å². The number of carboxylic acid groups (broad SMARTS) is 1. The molecule has 10 heteroatoms. The quantitative estimate of drug-likeness (QED) is 0.227. The molecule has 1 aliphatic carbocycles. The maximum absolute atomic E-state index is 13.0. The third kappa shape index (κ3) is 7.00. The molecule has 0 saturated heterocycles. The Bertz CT molecular complexity index is 1410. The van der Waals surface area contributed by atoms with Crippen LogP contribution in [-0.2, 0) is 11.2 Å². The van der Waals surface area contributed by atoms with Gasteiger partial charge < -0.3 is 21.1 Å². The average molecular weight is 582 g/mol. The third-order valence-electron chi connectivity index (χ3n) is 6.96. The van der Waals surface area contributed by atoms with Crippen LogP contribution < -0.4 is 16.0 Å². The summed E-state index contributed by atoms with van der Waals surface area (Å²) in [6.45, 7) is 1.57. The number of carbonyl (C=O) groups excluding carboxylic acids is 3. The number of hydrogen-bond donors (Lipinski definition) is 4. The molecule has 4 N–H and O–H groups in total. The number of fused-ring (bicyclic) bond motifs is 1. The smallest absolute Gasteiger partial charge is 0.315 e. The number of aliphatic carboxylic acids is 1. The minimum atomic E-state index is -1.25. The summed E-state index contributed by atoms with van der Waals surface area (Å²) in [5, 5.41) is 17.8. The first-order chi connectivity index (χ1) is 19.1. The van der Waals surface area contributed by atoms with Crippen LogP contribution >= 0.6 is 23.2 Å². The summed E-state index contributed by atoms with van der Waals surface area (Å²) in [4.78, 5) is 50.2. The highest BCUT2D eigenvalue weighted by Gasteiger charge is 2.28. The van der Waals surface area contributed by atoms with Crippen molar-refractivity contribution in [1.82, 2.24) is 16.0 Å². The minimum absolute atomic E-state index is 0.0650. The van der Waals surface area contributed by atoms with E-state index in [2.05, 4.69) is 16.0 Å². The maximum Gasteiger partial charge on any atom is 0.315 e. The van der Waals surface area contributed by atoms with Crippen LogP contribution in [0.3, 0.4) is 0 Å². The number of nitrogens with one attached hydrogen (secondary N) is 3. The number of rotatable bonds is 10. The zero-order chi connectivity index (χ0) is 28.8. The maximum atomic E-state index is 13.0. The van der Waals surface area contributed by atoms with Crippen LogP contribution in [0.4, 0.5) is 4.79 Å². The van der Waals surface area contributed by atoms with Gasteiger partial charge in [-0.25, -0.2) is 4.79 Å². The second-order valence-corrected chi connectivity index (χ2v) is 10.5.